The van der Waals surface area contributed by atoms with Crippen LogP contribution in [0.4, 0.5) is 5.69 Å². The van der Waals surface area contributed by atoms with Gasteiger partial charge in [0.25, 0.3) is 0 Å². The molecule has 0 aromatic heterocycles. The number of rotatable bonds is 1. The quantitative estimate of drug-likeness (QED) is 0.857. The SMILES string of the molecule is Brc1ccc2cc(NC3=NCCS3)ccc2c1. The maximum Gasteiger partial charge on any atom is 0.161 e. The average Bonchev–Trinajstić information content (AvgIpc) is 2.82. The van der Waals surface area contributed by atoms with Gasteiger partial charge in [-0.15, -0.1) is 0 Å². The molecule has 0 fully saturated rings. The number of hydrogen-bond donors (Lipinski definition) is 1. The smallest absolute Gasteiger partial charge is 0.161 e. The van der Waals surface area contributed by atoms with Crippen LogP contribution in [0.5, 0.6) is 0 Å². The van der Waals surface area contributed by atoms with Crippen LogP contribution in [0.3, 0.4) is 0 Å². The summed E-state index contributed by atoms with van der Waals surface area (Å²) < 4.78 is 1.11. The fraction of sp³-hybridized carbons (Fsp3) is 0.154. The number of halogens is 1. The van der Waals surface area contributed by atoms with Crippen molar-refractivity contribution in [1.29, 1.82) is 0 Å². The molecule has 0 atom stereocenters. The molecule has 86 valence electrons. The van der Waals surface area contributed by atoms with E-state index in [4.69, 9.17) is 0 Å². The Morgan fingerprint density at radius 3 is 2.76 bits per heavy atom. The van der Waals surface area contributed by atoms with Crippen molar-refractivity contribution in [2.45, 2.75) is 0 Å². The molecule has 1 aliphatic rings. The Morgan fingerprint density at radius 2 is 1.94 bits per heavy atom. The van der Waals surface area contributed by atoms with E-state index >= 15 is 0 Å². The third-order valence-corrected chi connectivity index (χ3v) is 4.02. The van der Waals surface area contributed by atoms with Crippen molar-refractivity contribution in [1.82, 2.24) is 0 Å². The van der Waals surface area contributed by atoms with Crippen LogP contribution in [-0.2, 0) is 0 Å². The lowest BCUT2D eigenvalue weighted by molar-refractivity contribution is 1.17. The number of nitrogens with one attached hydrogen (secondary N) is 1. The van der Waals surface area contributed by atoms with Gasteiger partial charge in [0.1, 0.15) is 0 Å². The standard InChI is InChI=1S/C13H11BrN2S/c14-11-3-1-10-8-12(4-2-9(10)7-11)16-13-15-5-6-17-13/h1-4,7-8H,5-6H2,(H,15,16). The Hall–Kier alpha value is -1.00. The summed E-state index contributed by atoms with van der Waals surface area (Å²) in [5.41, 5.74) is 1.10. The summed E-state index contributed by atoms with van der Waals surface area (Å²) in [5.74, 6) is 1.09. The molecule has 3 rings (SSSR count). The van der Waals surface area contributed by atoms with Gasteiger partial charge in [0, 0.05) is 15.9 Å². The first-order chi connectivity index (χ1) is 8.31. The van der Waals surface area contributed by atoms with Gasteiger partial charge in [0.05, 0.1) is 6.54 Å². The van der Waals surface area contributed by atoms with Gasteiger partial charge in [-0.2, -0.15) is 0 Å². The highest BCUT2D eigenvalue weighted by atomic mass is 79.9. The molecule has 1 N–H and O–H groups in total. The molecule has 0 saturated carbocycles. The summed E-state index contributed by atoms with van der Waals surface area (Å²) in [6, 6.07) is 12.7. The van der Waals surface area contributed by atoms with Crippen molar-refractivity contribution in [2.24, 2.45) is 4.99 Å². The predicted molar refractivity (Wildman–Crippen MR) is 80.0 cm³/mol. The Labute approximate surface area is 113 Å². The maximum atomic E-state index is 4.39. The molecular weight excluding hydrogens is 296 g/mol. The topological polar surface area (TPSA) is 24.4 Å². The van der Waals surface area contributed by atoms with Crippen molar-refractivity contribution in [3.05, 3.63) is 40.9 Å². The number of hydrogen-bond acceptors (Lipinski definition) is 3. The first-order valence-electron chi connectivity index (χ1n) is 5.45. The average molecular weight is 307 g/mol. The summed E-state index contributed by atoms with van der Waals surface area (Å²) in [4.78, 5) is 4.39. The van der Waals surface area contributed by atoms with Crippen molar-refractivity contribution in [3.8, 4) is 0 Å². The Balaban J connectivity index is 1.93. The summed E-state index contributed by atoms with van der Waals surface area (Å²) in [6.07, 6.45) is 0. The van der Waals surface area contributed by atoms with Crippen LogP contribution in [0.2, 0.25) is 0 Å². The van der Waals surface area contributed by atoms with Crippen LogP contribution in [0.25, 0.3) is 10.8 Å². The van der Waals surface area contributed by atoms with E-state index in [0.29, 0.717) is 0 Å². The number of benzene rings is 2. The van der Waals surface area contributed by atoms with E-state index in [1.807, 2.05) is 0 Å². The second kappa shape index (κ2) is 4.70. The third kappa shape index (κ3) is 2.48. The Bertz CT molecular complexity index is 595. The minimum absolute atomic E-state index is 0.924. The molecule has 0 amide bonds. The minimum atomic E-state index is 0.924. The van der Waals surface area contributed by atoms with Gasteiger partial charge >= 0.3 is 0 Å². The zero-order valence-corrected chi connectivity index (χ0v) is 11.5. The lowest BCUT2D eigenvalue weighted by Gasteiger charge is -2.06. The molecule has 0 bridgehead atoms. The first-order valence-corrected chi connectivity index (χ1v) is 7.23. The number of aliphatic imine (C=N–C) groups is 1. The van der Waals surface area contributed by atoms with Crippen molar-refractivity contribution < 1.29 is 0 Å². The minimum Gasteiger partial charge on any atom is -0.335 e. The van der Waals surface area contributed by atoms with Crippen molar-refractivity contribution in [2.75, 3.05) is 17.6 Å². The van der Waals surface area contributed by atoms with Crippen LogP contribution < -0.4 is 5.32 Å². The largest absolute Gasteiger partial charge is 0.335 e. The fourth-order valence-corrected chi connectivity index (χ4v) is 2.96. The Kier molecular flexibility index (Phi) is 3.07. The predicted octanol–water partition coefficient (Wildman–Crippen LogP) is 4.12. The summed E-state index contributed by atoms with van der Waals surface area (Å²) >= 11 is 5.26. The second-order valence-electron chi connectivity index (χ2n) is 3.87. The molecule has 0 unspecified atom stereocenters. The fourth-order valence-electron chi connectivity index (χ4n) is 1.83. The van der Waals surface area contributed by atoms with E-state index in [2.05, 4.69) is 62.6 Å². The monoisotopic (exact) mass is 306 g/mol. The van der Waals surface area contributed by atoms with E-state index < -0.39 is 0 Å². The van der Waals surface area contributed by atoms with E-state index in [0.717, 1.165) is 27.6 Å². The highest BCUT2D eigenvalue weighted by Gasteiger charge is 2.07. The second-order valence-corrected chi connectivity index (χ2v) is 5.87. The Morgan fingerprint density at radius 1 is 1.12 bits per heavy atom. The van der Waals surface area contributed by atoms with Crippen LogP contribution in [0, 0.1) is 0 Å². The van der Waals surface area contributed by atoms with Gasteiger partial charge in [-0.1, -0.05) is 39.8 Å². The van der Waals surface area contributed by atoms with Crippen LogP contribution in [0.1, 0.15) is 0 Å². The molecule has 2 nitrogen and oxygen atoms in total. The number of thioether (sulfide) groups is 1. The van der Waals surface area contributed by atoms with E-state index in [1.165, 1.54) is 10.8 Å². The third-order valence-electron chi connectivity index (χ3n) is 2.64. The molecule has 0 spiro atoms. The van der Waals surface area contributed by atoms with Gasteiger partial charge < -0.3 is 5.32 Å². The highest BCUT2D eigenvalue weighted by Crippen LogP contribution is 2.24. The summed E-state index contributed by atoms with van der Waals surface area (Å²) in [7, 11) is 0. The molecule has 4 heteroatoms. The van der Waals surface area contributed by atoms with Gasteiger partial charge in [-0.3, -0.25) is 4.99 Å². The van der Waals surface area contributed by atoms with E-state index in [-0.39, 0.29) is 0 Å². The van der Waals surface area contributed by atoms with Crippen LogP contribution in [-0.4, -0.2) is 17.5 Å². The van der Waals surface area contributed by atoms with Gasteiger partial charge in [0.2, 0.25) is 0 Å². The van der Waals surface area contributed by atoms with Crippen molar-refractivity contribution in [3.63, 3.8) is 0 Å². The lowest BCUT2D eigenvalue weighted by atomic mass is 10.1. The molecule has 2 aromatic rings. The maximum absolute atomic E-state index is 4.39. The number of fused-ring (bicyclic) bond motifs is 1. The molecule has 0 saturated heterocycles. The number of nitrogens with zero attached hydrogens (tertiary/aromatic N) is 1. The molecular formula is C13H11BrN2S. The number of anilines is 1. The molecule has 0 radical (unpaired) electrons. The van der Waals surface area contributed by atoms with Gasteiger partial charge in [0.15, 0.2) is 5.17 Å². The van der Waals surface area contributed by atoms with Gasteiger partial charge in [-0.25, -0.2) is 0 Å². The number of amidine groups is 1. The van der Waals surface area contributed by atoms with Crippen LogP contribution in [0.15, 0.2) is 45.9 Å². The van der Waals surface area contributed by atoms with Gasteiger partial charge in [-0.05, 0) is 35.0 Å². The molecule has 17 heavy (non-hydrogen) atoms. The molecule has 2 aromatic carbocycles. The normalized spacial score (nSPS) is 15.0. The molecule has 1 heterocycles. The zero-order valence-electron chi connectivity index (χ0n) is 9.11. The molecule has 0 aliphatic carbocycles. The van der Waals surface area contributed by atoms with Crippen molar-refractivity contribution >= 4 is 49.3 Å². The zero-order chi connectivity index (χ0) is 11.7. The van der Waals surface area contributed by atoms with E-state index in [1.54, 1.807) is 11.8 Å². The van der Waals surface area contributed by atoms with Crippen LogP contribution >= 0.6 is 27.7 Å². The van der Waals surface area contributed by atoms with E-state index in [9.17, 15) is 0 Å². The first kappa shape index (κ1) is 11.1. The summed E-state index contributed by atoms with van der Waals surface area (Å²) in [5, 5.41) is 6.86. The summed E-state index contributed by atoms with van der Waals surface area (Å²) in [6.45, 7) is 0.924. The lowest BCUT2D eigenvalue weighted by Crippen LogP contribution is -2.04. The molecule has 1 aliphatic heterocycles. The highest BCUT2D eigenvalue weighted by molar-refractivity contribution is 9.10.